The van der Waals surface area contributed by atoms with Crippen molar-refractivity contribution in [1.82, 2.24) is 14.6 Å². The second-order valence-electron chi connectivity index (χ2n) is 10.6. The number of nitrogens with zero attached hydrogens (tertiary/aromatic N) is 3. The molecule has 0 fully saturated rings. The highest BCUT2D eigenvalue weighted by Crippen LogP contribution is 2.32. The molecule has 0 unspecified atom stereocenters. The number of esters is 1. The fraction of sp³-hybridized carbons (Fsp3) is 0.0789. The summed E-state index contributed by atoms with van der Waals surface area (Å²) in [6.45, 7) is 3.98. The Bertz CT molecular complexity index is 1930. The monoisotopic (exact) mass is 592 g/mol. The molecule has 7 nitrogen and oxygen atoms in total. The Morgan fingerprint density at radius 1 is 0.667 bits per heavy atom. The van der Waals surface area contributed by atoms with E-state index in [1.54, 1.807) is 18.3 Å². The molecule has 1 amide bonds. The number of aromatic nitrogens is 2. The Hall–Kier alpha value is -5.95. The topological polar surface area (TPSA) is 77.6 Å². The molecule has 0 spiro atoms. The Balaban J connectivity index is 1.20. The quantitative estimate of drug-likeness (QED) is 0.111. The Labute approximate surface area is 262 Å². The van der Waals surface area contributed by atoms with Crippen LogP contribution < -0.4 is 5.43 Å². The number of rotatable bonds is 8. The van der Waals surface area contributed by atoms with Gasteiger partial charge in [-0.25, -0.2) is 10.2 Å². The molecule has 1 N–H and O–H groups in total. The molecule has 45 heavy (non-hydrogen) atoms. The minimum Gasteiger partial charge on any atom is -0.465 e. The van der Waals surface area contributed by atoms with Crippen LogP contribution in [0.1, 0.15) is 37.7 Å². The van der Waals surface area contributed by atoms with E-state index in [0.29, 0.717) is 11.1 Å². The molecule has 2 heterocycles. The summed E-state index contributed by atoms with van der Waals surface area (Å²) in [5.74, 6) is -0.677. The van der Waals surface area contributed by atoms with Crippen molar-refractivity contribution in [3.8, 4) is 33.9 Å². The maximum Gasteiger partial charge on any atom is 0.337 e. The second-order valence-corrected chi connectivity index (χ2v) is 10.6. The third-order valence-corrected chi connectivity index (χ3v) is 7.79. The van der Waals surface area contributed by atoms with E-state index in [4.69, 9.17) is 4.74 Å². The molecule has 6 rings (SSSR count). The van der Waals surface area contributed by atoms with Crippen LogP contribution in [0.5, 0.6) is 0 Å². The standard InChI is InChI=1S/C38H32N4O3/c1-26-24-32(27(2)41(26)33-20-16-31(17-21-33)38(44)45-3)25-39-40-37(43)30-14-18-34(19-15-30)42-35(28-10-6-4-7-11-28)22-23-36(42)29-12-8-5-9-13-29/h4-25H,1-3H3,(H,40,43)/b39-25-. The average molecular weight is 593 g/mol. The zero-order valence-electron chi connectivity index (χ0n) is 25.3. The lowest BCUT2D eigenvalue weighted by atomic mass is 10.1. The van der Waals surface area contributed by atoms with Crippen LogP contribution in [-0.4, -0.2) is 34.3 Å². The maximum absolute atomic E-state index is 13.0. The summed E-state index contributed by atoms with van der Waals surface area (Å²) in [5, 5.41) is 4.25. The Morgan fingerprint density at radius 2 is 1.18 bits per heavy atom. The molecule has 6 aromatic rings. The van der Waals surface area contributed by atoms with Crippen molar-refractivity contribution in [3.05, 3.63) is 155 Å². The van der Waals surface area contributed by atoms with Crippen LogP contribution in [0.2, 0.25) is 0 Å². The number of nitrogens with one attached hydrogen (secondary N) is 1. The minimum absolute atomic E-state index is 0.302. The molecule has 0 atom stereocenters. The van der Waals surface area contributed by atoms with Crippen molar-refractivity contribution in [3.63, 3.8) is 0 Å². The van der Waals surface area contributed by atoms with Crippen LogP contribution in [0.4, 0.5) is 0 Å². The number of aryl methyl sites for hydroxylation is 1. The van der Waals surface area contributed by atoms with E-state index in [9.17, 15) is 9.59 Å². The number of carbonyl (C=O) groups is 2. The van der Waals surface area contributed by atoms with Crippen LogP contribution in [0.3, 0.4) is 0 Å². The highest BCUT2D eigenvalue weighted by molar-refractivity contribution is 5.95. The molecule has 0 radical (unpaired) electrons. The molecule has 2 aromatic heterocycles. The smallest absolute Gasteiger partial charge is 0.337 e. The van der Waals surface area contributed by atoms with Gasteiger partial charge in [-0.2, -0.15) is 5.10 Å². The number of ether oxygens (including phenoxy) is 1. The van der Waals surface area contributed by atoms with Crippen LogP contribution >= 0.6 is 0 Å². The van der Waals surface area contributed by atoms with E-state index in [-0.39, 0.29) is 11.9 Å². The summed E-state index contributed by atoms with van der Waals surface area (Å²) < 4.78 is 9.07. The molecular formula is C38H32N4O3. The normalized spacial score (nSPS) is 11.1. The molecule has 4 aromatic carbocycles. The second kappa shape index (κ2) is 12.7. The lowest BCUT2D eigenvalue weighted by molar-refractivity contribution is 0.0600. The van der Waals surface area contributed by atoms with Crippen LogP contribution in [0, 0.1) is 13.8 Å². The summed E-state index contributed by atoms with van der Waals surface area (Å²) in [5.41, 5.74) is 12.7. The van der Waals surface area contributed by atoms with Crippen LogP contribution in [-0.2, 0) is 4.74 Å². The van der Waals surface area contributed by atoms with Gasteiger partial charge in [0.2, 0.25) is 0 Å². The Kier molecular flexibility index (Phi) is 8.24. The first-order chi connectivity index (χ1) is 21.9. The van der Waals surface area contributed by atoms with Gasteiger partial charge in [-0.1, -0.05) is 60.7 Å². The lowest BCUT2D eigenvalue weighted by Gasteiger charge is -2.15. The van der Waals surface area contributed by atoms with E-state index in [1.165, 1.54) is 7.11 Å². The van der Waals surface area contributed by atoms with Gasteiger partial charge in [0.15, 0.2) is 0 Å². The first-order valence-electron chi connectivity index (χ1n) is 14.6. The number of hydrazone groups is 1. The van der Waals surface area contributed by atoms with Crippen molar-refractivity contribution >= 4 is 18.1 Å². The van der Waals surface area contributed by atoms with Crippen molar-refractivity contribution < 1.29 is 14.3 Å². The number of methoxy groups -OCH3 is 1. The van der Waals surface area contributed by atoms with Gasteiger partial charge in [0, 0.05) is 33.9 Å². The molecule has 0 saturated carbocycles. The predicted molar refractivity (Wildman–Crippen MR) is 178 cm³/mol. The largest absolute Gasteiger partial charge is 0.465 e. The van der Waals surface area contributed by atoms with Crippen LogP contribution in [0.25, 0.3) is 33.9 Å². The first kappa shape index (κ1) is 29.1. The number of hydrogen-bond acceptors (Lipinski definition) is 4. The fourth-order valence-electron chi connectivity index (χ4n) is 5.55. The van der Waals surface area contributed by atoms with Gasteiger partial charge < -0.3 is 13.9 Å². The molecule has 7 heteroatoms. The van der Waals surface area contributed by atoms with Gasteiger partial charge >= 0.3 is 5.97 Å². The Morgan fingerprint density at radius 3 is 1.71 bits per heavy atom. The van der Waals surface area contributed by atoms with E-state index >= 15 is 0 Å². The predicted octanol–water partition coefficient (Wildman–Crippen LogP) is 7.77. The minimum atomic E-state index is -0.376. The summed E-state index contributed by atoms with van der Waals surface area (Å²) in [4.78, 5) is 24.8. The molecular weight excluding hydrogens is 560 g/mol. The zero-order valence-corrected chi connectivity index (χ0v) is 25.3. The summed E-state index contributed by atoms with van der Waals surface area (Å²) >= 11 is 0. The third-order valence-electron chi connectivity index (χ3n) is 7.79. The van der Waals surface area contributed by atoms with Gasteiger partial charge in [0.25, 0.3) is 5.91 Å². The van der Waals surface area contributed by atoms with Crippen molar-refractivity contribution in [2.45, 2.75) is 13.8 Å². The van der Waals surface area contributed by atoms with E-state index in [2.05, 4.69) is 56.1 Å². The number of hydrogen-bond donors (Lipinski definition) is 1. The van der Waals surface area contributed by atoms with Crippen molar-refractivity contribution in [2.24, 2.45) is 5.10 Å². The van der Waals surface area contributed by atoms with E-state index in [1.807, 2.05) is 92.7 Å². The zero-order chi connectivity index (χ0) is 31.3. The SMILES string of the molecule is COC(=O)c1ccc(-n2c(C)cc(/C=N\NC(=O)c3ccc(-n4c(-c5ccccc5)ccc4-c4ccccc4)cc3)c2C)cc1. The number of benzene rings is 4. The van der Waals surface area contributed by atoms with Gasteiger partial charge in [0.1, 0.15) is 0 Å². The highest BCUT2D eigenvalue weighted by Gasteiger charge is 2.15. The van der Waals surface area contributed by atoms with Crippen molar-refractivity contribution in [2.75, 3.05) is 7.11 Å². The molecule has 0 aliphatic heterocycles. The highest BCUT2D eigenvalue weighted by atomic mass is 16.5. The summed E-state index contributed by atoms with van der Waals surface area (Å²) in [6, 6.07) is 41.5. The van der Waals surface area contributed by atoms with E-state index in [0.717, 1.165) is 50.8 Å². The van der Waals surface area contributed by atoms with Crippen molar-refractivity contribution in [1.29, 1.82) is 0 Å². The molecule has 0 saturated heterocycles. The van der Waals surface area contributed by atoms with Gasteiger partial charge in [-0.05, 0) is 91.7 Å². The molecule has 222 valence electrons. The fourth-order valence-corrected chi connectivity index (χ4v) is 5.55. The molecule has 0 aliphatic carbocycles. The summed E-state index contributed by atoms with van der Waals surface area (Å²) in [6.07, 6.45) is 1.64. The third kappa shape index (κ3) is 5.96. The number of carbonyl (C=O) groups excluding carboxylic acids is 2. The maximum atomic E-state index is 13.0. The van der Waals surface area contributed by atoms with Crippen LogP contribution in [0.15, 0.2) is 132 Å². The van der Waals surface area contributed by atoms with E-state index < -0.39 is 0 Å². The first-order valence-corrected chi connectivity index (χ1v) is 14.6. The van der Waals surface area contributed by atoms with Gasteiger partial charge in [-0.3, -0.25) is 4.79 Å². The number of amides is 1. The average Bonchev–Trinajstić information content (AvgIpc) is 3.65. The lowest BCUT2D eigenvalue weighted by Crippen LogP contribution is -2.17. The molecule has 0 bridgehead atoms. The summed E-state index contributed by atoms with van der Waals surface area (Å²) in [7, 11) is 1.36. The van der Waals surface area contributed by atoms with Gasteiger partial charge in [0.05, 0.1) is 30.3 Å². The van der Waals surface area contributed by atoms with Gasteiger partial charge in [-0.15, -0.1) is 0 Å². The molecule has 0 aliphatic rings.